The van der Waals surface area contributed by atoms with Crippen molar-refractivity contribution in [3.8, 4) is 0 Å². The van der Waals surface area contributed by atoms with Crippen molar-refractivity contribution >= 4 is 22.6 Å². The normalized spacial score (nSPS) is 11.1. The van der Waals surface area contributed by atoms with Crippen LogP contribution in [-0.2, 0) is 6.54 Å². The molecule has 0 spiro atoms. The van der Waals surface area contributed by atoms with Gasteiger partial charge in [0.05, 0.1) is 16.7 Å². The highest BCUT2D eigenvalue weighted by molar-refractivity contribution is 6.34. The maximum atomic E-state index is 13.4. The van der Waals surface area contributed by atoms with Gasteiger partial charge in [0.1, 0.15) is 5.82 Å². The molecule has 0 fully saturated rings. The second-order valence-electron chi connectivity index (χ2n) is 3.02. The highest BCUT2D eigenvalue weighted by Gasteiger charge is 2.12. The van der Waals surface area contributed by atoms with Gasteiger partial charge in [0, 0.05) is 12.1 Å². The minimum Gasteiger partial charge on any atom is -0.462 e. The molecule has 1 N–H and O–H groups in total. The van der Waals surface area contributed by atoms with Gasteiger partial charge in [-0.15, -0.1) is 0 Å². The average Bonchev–Trinajstić information content (AvgIpc) is 2.58. The molecular weight excluding hydrogens is 205 g/mol. The molecule has 0 saturated heterocycles. The number of rotatable bonds is 2. The lowest BCUT2D eigenvalue weighted by Crippen LogP contribution is -2.04. The first kappa shape index (κ1) is 9.49. The van der Waals surface area contributed by atoms with Gasteiger partial charge in [0.25, 0.3) is 0 Å². The van der Waals surface area contributed by atoms with E-state index in [0.717, 1.165) is 5.56 Å². The zero-order valence-corrected chi connectivity index (χ0v) is 8.36. The third kappa shape index (κ3) is 1.38. The van der Waals surface area contributed by atoms with Crippen LogP contribution in [0, 0.1) is 5.82 Å². The average molecular weight is 214 g/mol. The van der Waals surface area contributed by atoms with Gasteiger partial charge in [-0.3, -0.25) is 0 Å². The summed E-state index contributed by atoms with van der Waals surface area (Å²) in [5.74, 6) is -0.302. The number of benzene rings is 1. The molecular formula is C10H9ClFNO. The van der Waals surface area contributed by atoms with Gasteiger partial charge in [0.15, 0.2) is 5.58 Å². The van der Waals surface area contributed by atoms with Crippen LogP contribution in [0.25, 0.3) is 11.0 Å². The van der Waals surface area contributed by atoms with Crippen LogP contribution in [-0.4, -0.2) is 7.05 Å². The maximum Gasteiger partial charge on any atom is 0.155 e. The Balaban J connectivity index is 2.70. The Morgan fingerprint density at radius 1 is 1.50 bits per heavy atom. The Kier molecular flexibility index (Phi) is 2.44. The molecule has 1 aromatic heterocycles. The van der Waals surface area contributed by atoms with Gasteiger partial charge in [0.2, 0.25) is 0 Å². The Labute approximate surface area is 85.7 Å². The fourth-order valence-corrected chi connectivity index (χ4v) is 1.66. The second-order valence-corrected chi connectivity index (χ2v) is 3.43. The standard InChI is InChI=1S/C10H9ClFNO/c1-13-4-6-5-14-10-7(11)2-3-8(12)9(6)10/h2-3,5,13H,4H2,1H3. The fraction of sp³-hybridized carbons (Fsp3) is 0.200. The summed E-state index contributed by atoms with van der Waals surface area (Å²) in [6.07, 6.45) is 1.52. The van der Waals surface area contributed by atoms with Crippen molar-refractivity contribution in [3.05, 3.63) is 34.8 Å². The van der Waals surface area contributed by atoms with Crippen molar-refractivity contribution in [2.75, 3.05) is 7.05 Å². The van der Waals surface area contributed by atoms with Gasteiger partial charge >= 0.3 is 0 Å². The molecule has 4 heteroatoms. The molecule has 1 aromatic carbocycles. The van der Waals surface area contributed by atoms with Crippen LogP contribution in [0.15, 0.2) is 22.8 Å². The van der Waals surface area contributed by atoms with E-state index in [1.807, 2.05) is 0 Å². The summed E-state index contributed by atoms with van der Waals surface area (Å²) < 4.78 is 18.6. The van der Waals surface area contributed by atoms with E-state index in [2.05, 4.69) is 5.32 Å². The van der Waals surface area contributed by atoms with E-state index < -0.39 is 0 Å². The van der Waals surface area contributed by atoms with Crippen molar-refractivity contribution in [3.63, 3.8) is 0 Å². The second kappa shape index (κ2) is 3.59. The van der Waals surface area contributed by atoms with E-state index in [1.54, 1.807) is 7.05 Å². The number of nitrogens with one attached hydrogen (secondary N) is 1. The minimum absolute atomic E-state index is 0.302. The number of fused-ring (bicyclic) bond motifs is 1. The number of halogens is 2. The Morgan fingerprint density at radius 2 is 2.29 bits per heavy atom. The molecule has 0 aliphatic heterocycles. The largest absolute Gasteiger partial charge is 0.462 e. The highest BCUT2D eigenvalue weighted by Crippen LogP contribution is 2.30. The minimum atomic E-state index is -0.302. The molecule has 0 bridgehead atoms. The van der Waals surface area contributed by atoms with Crippen molar-refractivity contribution in [2.24, 2.45) is 0 Å². The summed E-state index contributed by atoms with van der Waals surface area (Å²) in [5, 5.41) is 3.84. The summed E-state index contributed by atoms with van der Waals surface area (Å²) in [5.41, 5.74) is 1.19. The molecule has 0 aliphatic rings. The lowest BCUT2D eigenvalue weighted by atomic mass is 10.1. The van der Waals surface area contributed by atoms with Gasteiger partial charge < -0.3 is 9.73 Å². The third-order valence-corrected chi connectivity index (χ3v) is 2.36. The van der Waals surface area contributed by atoms with E-state index in [9.17, 15) is 4.39 Å². The molecule has 0 aliphatic carbocycles. The third-order valence-electron chi connectivity index (χ3n) is 2.07. The SMILES string of the molecule is CNCc1coc2c(Cl)ccc(F)c12. The van der Waals surface area contributed by atoms with Gasteiger partial charge in [-0.1, -0.05) is 11.6 Å². The van der Waals surface area contributed by atoms with Gasteiger partial charge in [-0.2, -0.15) is 0 Å². The number of hydrogen-bond donors (Lipinski definition) is 1. The molecule has 74 valence electrons. The molecule has 0 unspecified atom stereocenters. The summed E-state index contributed by atoms with van der Waals surface area (Å²) in [6.45, 7) is 0.560. The molecule has 14 heavy (non-hydrogen) atoms. The molecule has 2 aromatic rings. The van der Waals surface area contributed by atoms with Crippen LogP contribution < -0.4 is 5.32 Å². The first-order chi connectivity index (χ1) is 6.74. The highest BCUT2D eigenvalue weighted by atomic mass is 35.5. The van der Waals surface area contributed by atoms with Crippen LogP contribution >= 0.6 is 11.6 Å². The van der Waals surface area contributed by atoms with Gasteiger partial charge in [-0.05, 0) is 19.2 Å². The maximum absolute atomic E-state index is 13.4. The van der Waals surface area contributed by atoms with E-state index in [-0.39, 0.29) is 5.82 Å². The Hall–Kier alpha value is -1.06. The van der Waals surface area contributed by atoms with Crippen molar-refractivity contribution in [2.45, 2.75) is 6.54 Å². The Morgan fingerprint density at radius 3 is 3.00 bits per heavy atom. The zero-order chi connectivity index (χ0) is 10.1. The van der Waals surface area contributed by atoms with Crippen LogP contribution in [0.3, 0.4) is 0 Å². The predicted molar refractivity (Wildman–Crippen MR) is 53.9 cm³/mol. The molecule has 1 heterocycles. The summed E-state index contributed by atoms with van der Waals surface area (Å²) in [4.78, 5) is 0. The monoisotopic (exact) mass is 213 g/mol. The molecule has 0 atom stereocenters. The van der Waals surface area contributed by atoms with Crippen molar-refractivity contribution < 1.29 is 8.81 Å². The molecule has 0 saturated carbocycles. The molecule has 2 rings (SSSR count). The summed E-state index contributed by atoms with van der Waals surface area (Å²) >= 11 is 5.86. The topological polar surface area (TPSA) is 25.2 Å². The smallest absolute Gasteiger partial charge is 0.155 e. The quantitative estimate of drug-likeness (QED) is 0.830. The van der Waals surface area contributed by atoms with Crippen LogP contribution in [0.1, 0.15) is 5.56 Å². The first-order valence-electron chi connectivity index (χ1n) is 4.22. The molecule has 0 amide bonds. The van der Waals surface area contributed by atoms with Crippen molar-refractivity contribution in [1.29, 1.82) is 0 Å². The Bertz CT molecular complexity index is 466. The lowest BCUT2D eigenvalue weighted by molar-refractivity contribution is 0.605. The zero-order valence-electron chi connectivity index (χ0n) is 7.60. The van der Waals surface area contributed by atoms with Crippen LogP contribution in [0.2, 0.25) is 5.02 Å². The van der Waals surface area contributed by atoms with Crippen molar-refractivity contribution in [1.82, 2.24) is 5.32 Å². The van der Waals surface area contributed by atoms with E-state index in [4.69, 9.17) is 16.0 Å². The molecule has 2 nitrogen and oxygen atoms in total. The fourth-order valence-electron chi connectivity index (χ4n) is 1.46. The number of furan rings is 1. The summed E-state index contributed by atoms with van der Waals surface area (Å²) in [6, 6.07) is 2.84. The summed E-state index contributed by atoms with van der Waals surface area (Å²) in [7, 11) is 1.79. The molecule has 0 radical (unpaired) electrons. The van der Waals surface area contributed by atoms with E-state index in [0.29, 0.717) is 22.5 Å². The van der Waals surface area contributed by atoms with Gasteiger partial charge in [-0.25, -0.2) is 4.39 Å². The van der Waals surface area contributed by atoms with Crippen LogP contribution in [0.5, 0.6) is 0 Å². The number of hydrogen-bond acceptors (Lipinski definition) is 2. The van der Waals surface area contributed by atoms with Crippen LogP contribution in [0.4, 0.5) is 4.39 Å². The van der Waals surface area contributed by atoms with E-state index >= 15 is 0 Å². The lowest BCUT2D eigenvalue weighted by Gasteiger charge is -1.97. The first-order valence-corrected chi connectivity index (χ1v) is 4.60. The predicted octanol–water partition coefficient (Wildman–Crippen LogP) is 2.94. The van der Waals surface area contributed by atoms with E-state index in [1.165, 1.54) is 18.4 Å².